The Morgan fingerprint density at radius 1 is 0.914 bits per heavy atom. The molecular weight excluding hydrogens is 450 g/mol. The van der Waals surface area contributed by atoms with Crippen molar-refractivity contribution in [2.24, 2.45) is 0 Å². The molecule has 35 heavy (non-hydrogen) atoms. The molecule has 0 aliphatic carbocycles. The highest BCUT2D eigenvalue weighted by atomic mass is 19.1. The average Bonchev–Trinajstić information content (AvgIpc) is 3.49. The number of nitrogens with two attached hydrogens (primary N) is 1. The third-order valence-corrected chi connectivity index (χ3v) is 6.63. The Hall–Kier alpha value is -3.53. The third kappa shape index (κ3) is 5.27. The molecule has 0 radical (unpaired) electrons. The number of aromatic nitrogens is 4. The predicted octanol–water partition coefficient (Wildman–Crippen LogP) is 3.27. The van der Waals surface area contributed by atoms with Gasteiger partial charge in [-0.15, -0.1) is 0 Å². The minimum Gasteiger partial charge on any atom is -0.383 e. The second-order valence-electron chi connectivity index (χ2n) is 9.06. The van der Waals surface area contributed by atoms with Crippen molar-refractivity contribution in [3.63, 3.8) is 0 Å². The molecule has 0 unspecified atom stereocenters. The van der Waals surface area contributed by atoms with Crippen molar-refractivity contribution in [2.75, 3.05) is 61.3 Å². The molecule has 184 valence electrons. The monoisotopic (exact) mass is 480 g/mol. The molecule has 2 aliphatic heterocycles. The van der Waals surface area contributed by atoms with Gasteiger partial charge in [-0.05, 0) is 31.9 Å². The number of anilines is 3. The summed E-state index contributed by atoms with van der Waals surface area (Å²) < 4.78 is 28.8. The molecule has 2 aromatic heterocycles. The Labute approximate surface area is 203 Å². The Balaban J connectivity index is 1.20. The maximum Gasteiger partial charge on any atom is 0.254 e. The van der Waals surface area contributed by atoms with Gasteiger partial charge >= 0.3 is 0 Å². The highest BCUT2D eigenvalue weighted by Gasteiger charge is 2.19. The van der Waals surface area contributed by atoms with Crippen molar-refractivity contribution >= 4 is 23.4 Å². The van der Waals surface area contributed by atoms with Crippen LogP contribution in [0, 0.1) is 18.6 Å². The van der Waals surface area contributed by atoms with Gasteiger partial charge in [-0.2, -0.15) is 15.1 Å². The summed E-state index contributed by atoms with van der Waals surface area (Å²) in [6.07, 6.45) is 8.30. The summed E-state index contributed by atoms with van der Waals surface area (Å²) in [6, 6.07) is 5.49. The minimum atomic E-state index is -0.544. The van der Waals surface area contributed by atoms with Crippen LogP contribution in [0.15, 0.2) is 36.5 Å². The molecule has 8 nitrogen and oxygen atoms in total. The number of hydrogen-bond acceptors (Lipinski definition) is 7. The Kier molecular flexibility index (Phi) is 6.63. The fourth-order valence-electron chi connectivity index (χ4n) is 4.67. The van der Waals surface area contributed by atoms with Gasteiger partial charge in [0, 0.05) is 69.2 Å². The Morgan fingerprint density at radius 3 is 2.34 bits per heavy atom. The first-order chi connectivity index (χ1) is 17.0. The maximum absolute atomic E-state index is 13.5. The molecule has 2 fully saturated rings. The lowest BCUT2D eigenvalue weighted by atomic mass is 10.2. The fraction of sp³-hybridized carbons (Fsp3) is 0.400. The van der Waals surface area contributed by atoms with E-state index in [0.29, 0.717) is 17.5 Å². The summed E-state index contributed by atoms with van der Waals surface area (Å²) in [5, 5.41) is 4.50. The van der Waals surface area contributed by atoms with E-state index in [0.717, 1.165) is 81.8 Å². The van der Waals surface area contributed by atoms with E-state index in [9.17, 15) is 8.78 Å². The first-order valence-electron chi connectivity index (χ1n) is 12.0. The molecular formula is C25H30F2N8. The van der Waals surface area contributed by atoms with Crippen LogP contribution in [0.4, 0.5) is 26.1 Å². The zero-order chi connectivity index (χ0) is 24.4. The zero-order valence-corrected chi connectivity index (χ0v) is 19.9. The summed E-state index contributed by atoms with van der Waals surface area (Å²) in [7, 11) is 0. The number of halogens is 2. The highest BCUT2D eigenvalue weighted by Crippen LogP contribution is 2.22. The van der Waals surface area contributed by atoms with Crippen LogP contribution < -0.4 is 15.5 Å². The molecule has 0 saturated carbocycles. The number of benzene rings is 1. The largest absolute Gasteiger partial charge is 0.383 e. The molecule has 2 aliphatic rings. The average molecular weight is 481 g/mol. The number of rotatable bonds is 6. The summed E-state index contributed by atoms with van der Waals surface area (Å²) in [5.74, 6) is 0.671. The van der Waals surface area contributed by atoms with E-state index in [1.807, 2.05) is 24.1 Å². The SMILES string of the molecule is Cc1c(/C=C/CN2CCN(c3cc(F)cc(F)c3)CC2)cnn1-c1nc(N)cc(N2CCCC2)n1. The van der Waals surface area contributed by atoms with E-state index in [1.165, 1.54) is 12.1 Å². The number of nitrogen functional groups attached to an aromatic ring is 1. The summed E-state index contributed by atoms with van der Waals surface area (Å²) >= 11 is 0. The normalized spacial score (nSPS) is 17.1. The third-order valence-electron chi connectivity index (χ3n) is 6.63. The molecule has 2 N–H and O–H groups in total. The van der Waals surface area contributed by atoms with Crippen LogP contribution in [0.25, 0.3) is 12.0 Å². The molecule has 0 amide bonds. The van der Waals surface area contributed by atoms with Gasteiger partial charge in [0.1, 0.15) is 23.3 Å². The molecule has 0 atom stereocenters. The quantitative estimate of drug-likeness (QED) is 0.580. The highest BCUT2D eigenvalue weighted by molar-refractivity contribution is 5.54. The lowest BCUT2D eigenvalue weighted by Gasteiger charge is -2.35. The first-order valence-corrected chi connectivity index (χ1v) is 12.0. The van der Waals surface area contributed by atoms with Crippen LogP contribution in [0.5, 0.6) is 0 Å². The topological polar surface area (TPSA) is 79.3 Å². The van der Waals surface area contributed by atoms with Crippen molar-refractivity contribution in [3.8, 4) is 5.95 Å². The van der Waals surface area contributed by atoms with Crippen molar-refractivity contribution < 1.29 is 8.78 Å². The van der Waals surface area contributed by atoms with E-state index < -0.39 is 11.6 Å². The van der Waals surface area contributed by atoms with Crippen LogP contribution >= 0.6 is 0 Å². The summed E-state index contributed by atoms with van der Waals surface area (Å²) in [6.45, 7) is 7.81. The molecule has 3 aromatic rings. The van der Waals surface area contributed by atoms with Gasteiger partial charge in [0.2, 0.25) is 0 Å². The van der Waals surface area contributed by atoms with Crippen LogP contribution in [0.2, 0.25) is 0 Å². The lowest BCUT2D eigenvalue weighted by molar-refractivity contribution is 0.284. The zero-order valence-electron chi connectivity index (χ0n) is 19.9. The Morgan fingerprint density at radius 2 is 1.63 bits per heavy atom. The van der Waals surface area contributed by atoms with E-state index in [-0.39, 0.29) is 0 Å². The second kappa shape index (κ2) is 9.99. The summed E-state index contributed by atoms with van der Waals surface area (Å²) in [5.41, 5.74) is 8.60. The lowest BCUT2D eigenvalue weighted by Crippen LogP contribution is -2.46. The number of nitrogens with zero attached hydrogens (tertiary/aromatic N) is 7. The second-order valence-corrected chi connectivity index (χ2v) is 9.06. The molecule has 10 heteroatoms. The van der Waals surface area contributed by atoms with Crippen LogP contribution in [-0.2, 0) is 0 Å². The van der Waals surface area contributed by atoms with Gasteiger partial charge in [-0.3, -0.25) is 4.90 Å². The molecule has 0 bridgehead atoms. The number of piperazine rings is 1. The van der Waals surface area contributed by atoms with Gasteiger partial charge < -0.3 is 15.5 Å². The minimum absolute atomic E-state index is 0.434. The van der Waals surface area contributed by atoms with Gasteiger partial charge in [-0.1, -0.05) is 12.2 Å². The van der Waals surface area contributed by atoms with Crippen LogP contribution in [0.3, 0.4) is 0 Å². The van der Waals surface area contributed by atoms with E-state index in [2.05, 4.69) is 32.0 Å². The van der Waals surface area contributed by atoms with Crippen LogP contribution in [-0.4, -0.2) is 70.5 Å². The van der Waals surface area contributed by atoms with Gasteiger partial charge in [0.25, 0.3) is 5.95 Å². The number of hydrogen-bond donors (Lipinski definition) is 1. The van der Waals surface area contributed by atoms with Gasteiger partial charge in [0.15, 0.2) is 0 Å². The summed E-state index contributed by atoms with van der Waals surface area (Å²) in [4.78, 5) is 15.7. The molecule has 1 aromatic carbocycles. The first kappa shape index (κ1) is 23.2. The standard InChI is InChI=1S/C25H30F2N8/c1-18-19(17-29-35(18)25-30-23(28)16-24(31-25)34-7-2-3-8-34)5-4-6-32-9-11-33(12-10-32)22-14-20(26)13-21(27)15-22/h4-5,13-17H,2-3,6-12H2,1H3,(H2,28,30,31)/b5-4+. The molecule has 0 spiro atoms. The van der Waals surface area contributed by atoms with Gasteiger partial charge in [-0.25, -0.2) is 13.5 Å². The van der Waals surface area contributed by atoms with Crippen molar-refractivity contribution in [1.29, 1.82) is 0 Å². The van der Waals surface area contributed by atoms with Crippen molar-refractivity contribution in [2.45, 2.75) is 19.8 Å². The molecule has 4 heterocycles. The van der Waals surface area contributed by atoms with Crippen LogP contribution in [0.1, 0.15) is 24.1 Å². The maximum atomic E-state index is 13.5. The molecule has 2 saturated heterocycles. The Bertz CT molecular complexity index is 1190. The fourth-order valence-corrected chi connectivity index (χ4v) is 4.67. The van der Waals surface area contributed by atoms with E-state index in [4.69, 9.17) is 10.7 Å². The van der Waals surface area contributed by atoms with E-state index in [1.54, 1.807) is 4.68 Å². The predicted molar refractivity (Wildman–Crippen MR) is 134 cm³/mol. The van der Waals surface area contributed by atoms with E-state index >= 15 is 0 Å². The van der Waals surface area contributed by atoms with Crippen molar-refractivity contribution in [3.05, 3.63) is 59.4 Å². The smallest absolute Gasteiger partial charge is 0.254 e. The van der Waals surface area contributed by atoms with Gasteiger partial charge in [0.05, 0.1) is 11.9 Å². The van der Waals surface area contributed by atoms with Crippen molar-refractivity contribution in [1.82, 2.24) is 24.6 Å². The molecule has 5 rings (SSSR count).